The van der Waals surface area contributed by atoms with Gasteiger partial charge in [0.1, 0.15) is 12.1 Å². The molecule has 232 valence electrons. The van der Waals surface area contributed by atoms with Crippen LogP contribution in [0.5, 0.6) is 5.75 Å². The predicted molar refractivity (Wildman–Crippen MR) is 168 cm³/mol. The summed E-state index contributed by atoms with van der Waals surface area (Å²) in [6.07, 6.45) is -1.44. The largest absolute Gasteiger partial charge is 0.573 e. The van der Waals surface area contributed by atoms with Crippen molar-refractivity contribution in [2.75, 3.05) is 0 Å². The number of halogens is 3. The van der Waals surface area contributed by atoms with E-state index in [0.29, 0.717) is 27.9 Å². The zero-order chi connectivity index (χ0) is 32.3. The van der Waals surface area contributed by atoms with Gasteiger partial charge in [0.25, 0.3) is 0 Å². The van der Waals surface area contributed by atoms with Gasteiger partial charge in [0.05, 0.1) is 11.4 Å². The molecular weight excluding hydrogens is 601 g/mol. The van der Waals surface area contributed by atoms with E-state index in [1.165, 1.54) is 52.2 Å². The molecule has 0 atom stereocenters. The molecule has 2 amide bonds. The first-order valence-corrected chi connectivity index (χ1v) is 14.9. The molecule has 0 unspecified atom stereocenters. The van der Waals surface area contributed by atoms with Crippen molar-refractivity contribution in [1.29, 1.82) is 0 Å². The molecule has 0 spiro atoms. The third-order valence-corrected chi connectivity index (χ3v) is 7.75. The summed E-state index contributed by atoms with van der Waals surface area (Å²) in [5.74, 6) is 0.432. The minimum absolute atomic E-state index is 0.305. The first-order valence-electron chi connectivity index (χ1n) is 14.1. The highest BCUT2D eigenvalue weighted by atomic mass is 32.1. The molecule has 3 aromatic carbocycles. The summed E-state index contributed by atoms with van der Waals surface area (Å²) in [6.45, 7) is 10.1. The van der Waals surface area contributed by atoms with E-state index in [4.69, 9.17) is 0 Å². The van der Waals surface area contributed by atoms with Crippen molar-refractivity contribution < 1.29 is 22.7 Å². The number of alkyl halides is 3. The van der Waals surface area contributed by atoms with Crippen LogP contribution in [0, 0.1) is 13.8 Å². The number of urea groups is 1. The normalized spacial score (nSPS) is 12.6. The number of thiazole rings is 1. The number of nitrogens with one attached hydrogen (secondary N) is 1. The number of amides is 2. The molecule has 12 heteroatoms. The van der Waals surface area contributed by atoms with Crippen LogP contribution in [0.25, 0.3) is 28.8 Å². The minimum Gasteiger partial charge on any atom is -0.406 e. The van der Waals surface area contributed by atoms with Crippen LogP contribution in [0.15, 0.2) is 89.1 Å². The van der Waals surface area contributed by atoms with Gasteiger partial charge in [-0.1, -0.05) is 50.2 Å². The Hall–Kier alpha value is -4.97. The van der Waals surface area contributed by atoms with Crippen LogP contribution in [0.2, 0.25) is 0 Å². The molecule has 0 saturated carbocycles. The highest BCUT2D eigenvalue weighted by Gasteiger charge is 2.31. The third kappa shape index (κ3) is 7.76. The molecule has 5 aromatic rings. The van der Waals surface area contributed by atoms with E-state index >= 15 is 0 Å². The van der Waals surface area contributed by atoms with Crippen molar-refractivity contribution in [3.8, 4) is 28.5 Å². The Morgan fingerprint density at radius 3 is 2.42 bits per heavy atom. The van der Waals surface area contributed by atoms with Crippen molar-refractivity contribution in [3.63, 3.8) is 0 Å². The molecule has 2 heterocycles. The highest BCUT2D eigenvalue weighted by molar-refractivity contribution is 7.07. The van der Waals surface area contributed by atoms with Gasteiger partial charge in [0.2, 0.25) is 0 Å². The van der Waals surface area contributed by atoms with E-state index in [0.717, 1.165) is 28.1 Å². The highest BCUT2D eigenvalue weighted by Crippen LogP contribution is 2.26. The van der Waals surface area contributed by atoms with E-state index in [9.17, 15) is 18.0 Å². The van der Waals surface area contributed by atoms with E-state index in [1.54, 1.807) is 6.92 Å². The number of benzene rings is 3. The van der Waals surface area contributed by atoms with Gasteiger partial charge in [-0.25, -0.2) is 14.5 Å². The van der Waals surface area contributed by atoms with Crippen molar-refractivity contribution in [2.45, 2.75) is 46.9 Å². The molecular formula is C33H31F3N6O2S. The number of ether oxygens (including phenoxy) is 1. The lowest BCUT2D eigenvalue weighted by Crippen LogP contribution is -2.23. The Morgan fingerprint density at radius 2 is 1.76 bits per heavy atom. The smallest absolute Gasteiger partial charge is 0.406 e. The number of nitrogens with zero attached hydrogens (tertiary/aromatic N) is 5. The number of hydrogen-bond acceptors (Lipinski definition) is 5. The number of rotatable bonds is 7. The standard InChI is InChI=1S/C33H31F3N6O2S/c1-20(2)28-15-6-21(3)16-29(28)42-23(5)18-45-32(42)39-31(43)38-22(4)17-24-7-9-25(10-8-24)30-37-19-41(40-30)26-11-13-27(14-12-26)44-33(34,35)36/h6-20H,1-5H3,(H,38,43)/b22-17+,39-32-. The zero-order valence-corrected chi connectivity index (χ0v) is 26.1. The Morgan fingerprint density at radius 1 is 1.04 bits per heavy atom. The summed E-state index contributed by atoms with van der Waals surface area (Å²) in [5.41, 5.74) is 7.07. The molecule has 45 heavy (non-hydrogen) atoms. The molecule has 0 aliphatic heterocycles. The second-order valence-electron chi connectivity index (χ2n) is 10.8. The van der Waals surface area contributed by atoms with E-state index in [1.807, 2.05) is 54.1 Å². The maximum absolute atomic E-state index is 12.9. The van der Waals surface area contributed by atoms with Crippen molar-refractivity contribution in [3.05, 3.63) is 111 Å². The molecule has 8 nitrogen and oxygen atoms in total. The number of aryl methyl sites for hydroxylation is 2. The van der Waals surface area contributed by atoms with Crippen LogP contribution < -0.4 is 14.9 Å². The van der Waals surface area contributed by atoms with Crippen molar-refractivity contribution in [2.24, 2.45) is 4.99 Å². The number of carbonyl (C=O) groups is 1. The summed E-state index contributed by atoms with van der Waals surface area (Å²) in [4.78, 5) is 22.2. The van der Waals surface area contributed by atoms with Crippen molar-refractivity contribution in [1.82, 2.24) is 24.6 Å². The summed E-state index contributed by atoms with van der Waals surface area (Å²) in [5, 5.41) is 9.27. The number of allylic oxidation sites excluding steroid dienone is 1. The summed E-state index contributed by atoms with van der Waals surface area (Å²) in [6, 6.07) is 18.6. The third-order valence-electron chi connectivity index (χ3n) is 6.81. The maximum Gasteiger partial charge on any atom is 0.573 e. The fourth-order valence-electron chi connectivity index (χ4n) is 4.72. The number of hydrogen-bond donors (Lipinski definition) is 1. The van der Waals surface area contributed by atoms with Crippen molar-refractivity contribution >= 4 is 23.4 Å². The first kappa shape index (κ1) is 31.5. The first-order chi connectivity index (χ1) is 21.4. The Labute approximate surface area is 262 Å². The molecule has 0 saturated heterocycles. The van der Waals surface area contributed by atoms with Crippen LogP contribution >= 0.6 is 11.3 Å². The van der Waals surface area contributed by atoms with Gasteiger partial charge in [-0.3, -0.25) is 4.57 Å². The Bertz CT molecular complexity index is 1920. The second kappa shape index (κ2) is 12.9. The molecule has 2 aromatic heterocycles. The van der Waals surface area contributed by atoms with Gasteiger partial charge in [-0.15, -0.1) is 29.6 Å². The molecule has 0 bridgehead atoms. The zero-order valence-electron chi connectivity index (χ0n) is 25.3. The topological polar surface area (TPSA) is 86.3 Å². The van der Waals surface area contributed by atoms with Crippen LogP contribution in [0.1, 0.15) is 49.1 Å². The monoisotopic (exact) mass is 632 g/mol. The lowest BCUT2D eigenvalue weighted by Gasteiger charge is -2.16. The average molecular weight is 633 g/mol. The fraction of sp³-hybridized carbons (Fsp3) is 0.212. The van der Waals surface area contributed by atoms with E-state index < -0.39 is 12.4 Å². The molecule has 1 N–H and O–H groups in total. The lowest BCUT2D eigenvalue weighted by atomic mass is 9.99. The summed E-state index contributed by atoms with van der Waals surface area (Å²) in [7, 11) is 0. The minimum atomic E-state index is -4.75. The molecule has 0 aliphatic carbocycles. The Kier molecular flexibility index (Phi) is 9.05. The predicted octanol–water partition coefficient (Wildman–Crippen LogP) is 8.10. The maximum atomic E-state index is 12.9. The number of aromatic nitrogens is 4. The lowest BCUT2D eigenvalue weighted by molar-refractivity contribution is -0.274. The molecule has 0 fully saturated rings. The van der Waals surface area contributed by atoms with Crippen LogP contribution in [-0.4, -0.2) is 31.7 Å². The van der Waals surface area contributed by atoms with Gasteiger partial charge in [0, 0.05) is 22.3 Å². The van der Waals surface area contributed by atoms with E-state index in [-0.39, 0.29) is 5.75 Å². The van der Waals surface area contributed by atoms with Gasteiger partial charge < -0.3 is 10.1 Å². The van der Waals surface area contributed by atoms with Gasteiger partial charge in [0.15, 0.2) is 10.6 Å². The average Bonchev–Trinajstić information content (AvgIpc) is 3.60. The number of carbonyl (C=O) groups excluding carboxylic acids is 1. The van der Waals surface area contributed by atoms with Gasteiger partial charge in [-0.2, -0.15) is 4.99 Å². The molecule has 5 rings (SSSR count). The second-order valence-corrected chi connectivity index (χ2v) is 11.6. The molecule has 0 radical (unpaired) electrons. The fourth-order valence-corrected chi connectivity index (χ4v) is 5.58. The van der Waals surface area contributed by atoms with Gasteiger partial charge in [-0.05, 0) is 79.8 Å². The SMILES string of the molecule is C/C(=C\c1ccc(-c2ncn(-c3ccc(OC(F)(F)F)cc3)n2)cc1)NC(=O)/N=c1\scc(C)n1-c1cc(C)ccc1C(C)C. The van der Waals surface area contributed by atoms with Crippen LogP contribution in [0.4, 0.5) is 18.0 Å². The summed E-state index contributed by atoms with van der Waals surface area (Å²) >= 11 is 1.41. The summed E-state index contributed by atoms with van der Waals surface area (Å²) < 4.78 is 44.7. The van der Waals surface area contributed by atoms with E-state index in [2.05, 4.69) is 57.2 Å². The van der Waals surface area contributed by atoms with Crippen LogP contribution in [-0.2, 0) is 0 Å². The quantitative estimate of drug-likeness (QED) is 0.197. The Balaban J connectivity index is 1.28. The van der Waals surface area contributed by atoms with Crippen LogP contribution in [0.3, 0.4) is 0 Å². The molecule has 0 aliphatic rings. The van der Waals surface area contributed by atoms with Gasteiger partial charge >= 0.3 is 12.4 Å².